The molecule has 1 atom stereocenters. The highest BCUT2D eigenvalue weighted by Crippen LogP contribution is 2.25. The van der Waals surface area contributed by atoms with E-state index in [1.807, 2.05) is 20.8 Å². The van der Waals surface area contributed by atoms with Crippen molar-refractivity contribution in [3.8, 4) is 0 Å². The van der Waals surface area contributed by atoms with E-state index in [4.69, 9.17) is 4.74 Å². The van der Waals surface area contributed by atoms with Gasteiger partial charge >= 0.3 is 0 Å². The second-order valence-electron chi connectivity index (χ2n) is 3.43. The minimum Gasteiger partial charge on any atom is -0.368 e. The highest BCUT2D eigenvalue weighted by atomic mass is 79.9. The molecule has 1 N–H and O–H groups in total. The zero-order chi connectivity index (χ0) is 11.5. The molecule has 0 aliphatic carbocycles. The molecular formula is C10H15BrN2O2. The van der Waals surface area contributed by atoms with E-state index >= 15 is 0 Å². The van der Waals surface area contributed by atoms with Gasteiger partial charge in [0.05, 0.1) is 0 Å². The van der Waals surface area contributed by atoms with Gasteiger partial charge in [0, 0.05) is 12.8 Å². The van der Waals surface area contributed by atoms with Gasteiger partial charge in [-0.15, -0.1) is 0 Å². The number of ether oxygens (including phenoxy) is 1. The van der Waals surface area contributed by atoms with Crippen molar-refractivity contribution in [3.63, 3.8) is 0 Å². The van der Waals surface area contributed by atoms with Crippen LogP contribution < -0.4 is 5.56 Å². The van der Waals surface area contributed by atoms with Crippen LogP contribution in [0.2, 0.25) is 0 Å². The Labute approximate surface area is 97.2 Å². The maximum Gasteiger partial charge on any atom is 0.265 e. The molecule has 1 heterocycles. The predicted octanol–water partition coefficient (Wildman–Crippen LogP) is 2.19. The molecule has 1 aromatic rings. The average Bonchev–Trinajstić information content (AvgIpc) is 2.22. The van der Waals surface area contributed by atoms with Crippen molar-refractivity contribution < 1.29 is 4.74 Å². The Kier molecular flexibility index (Phi) is 4.04. The van der Waals surface area contributed by atoms with Gasteiger partial charge in [-0.05, 0) is 36.2 Å². The van der Waals surface area contributed by atoms with Crippen molar-refractivity contribution in [2.45, 2.75) is 32.8 Å². The third-order valence-corrected chi connectivity index (χ3v) is 2.96. The molecule has 0 aliphatic heterocycles. The SMILES string of the molecule is CCOC(C)(CC)c1ncc(Br)c(=O)[nH]1. The smallest absolute Gasteiger partial charge is 0.265 e. The van der Waals surface area contributed by atoms with Crippen LogP contribution in [0.5, 0.6) is 0 Å². The topological polar surface area (TPSA) is 55.0 Å². The standard InChI is InChI=1S/C10H15BrN2O2/c1-4-10(3,15-5-2)9-12-6-7(11)8(14)13-9/h6H,4-5H2,1-3H3,(H,12,13,14). The summed E-state index contributed by atoms with van der Waals surface area (Å²) in [6.07, 6.45) is 2.26. The van der Waals surface area contributed by atoms with Gasteiger partial charge in [-0.1, -0.05) is 6.92 Å². The Morgan fingerprint density at radius 2 is 2.27 bits per heavy atom. The molecule has 15 heavy (non-hydrogen) atoms. The summed E-state index contributed by atoms with van der Waals surface area (Å²) in [5.74, 6) is 0.569. The first-order valence-electron chi connectivity index (χ1n) is 4.92. The number of halogens is 1. The molecule has 0 spiro atoms. The summed E-state index contributed by atoms with van der Waals surface area (Å²) in [6, 6.07) is 0. The summed E-state index contributed by atoms with van der Waals surface area (Å²) < 4.78 is 6.04. The van der Waals surface area contributed by atoms with E-state index in [-0.39, 0.29) is 5.56 Å². The average molecular weight is 275 g/mol. The third-order valence-electron chi connectivity index (χ3n) is 2.39. The molecule has 0 saturated carbocycles. The third kappa shape index (κ3) is 2.66. The zero-order valence-corrected chi connectivity index (χ0v) is 10.7. The first kappa shape index (κ1) is 12.4. The van der Waals surface area contributed by atoms with Crippen molar-refractivity contribution in [1.29, 1.82) is 0 Å². The molecule has 0 radical (unpaired) electrons. The van der Waals surface area contributed by atoms with Gasteiger partial charge in [-0.3, -0.25) is 4.79 Å². The van der Waals surface area contributed by atoms with Gasteiger partial charge in [-0.2, -0.15) is 0 Å². The van der Waals surface area contributed by atoms with Crippen LogP contribution in [0.15, 0.2) is 15.5 Å². The fourth-order valence-electron chi connectivity index (χ4n) is 1.30. The Morgan fingerprint density at radius 1 is 1.60 bits per heavy atom. The molecule has 0 saturated heterocycles. The van der Waals surface area contributed by atoms with Gasteiger partial charge in [0.25, 0.3) is 5.56 Å². The van der Waals surface area contributed by atoms with Crippen molar-refractivity contribution in [3.05, 3.63) is 26.8 Å². The molecule has 0 aromatic carbocycles. The second kappa shape index (κ2) is 4.90. The Morgan fingerprint density at radius 3 is 2.73 bits per heavy atom. The van der Waals surface area contributed by atoms with E-state index in [1.165, 1.54) is 6.20 Å². The van der Waals surface area contributed by atoms with Gasteiger partial charge < -0.3 is 9.72 Å². The van der Waals surface area contributed by atoms with Crippen molar-refractivity contribution in [2.75, 3.05) is 6.61 Å². The monoisotopic (exact) mass is 274 g/mol. The van der Waals surface area contributed by atoms with Crippen LogP contribution in [0.25, 0.3) is 0 Å². The van der Waals surface area contributed by atoms with Crippen LogP contribution in [0, 0.1) is 0 Å². The summed E-state index contributed by atoms with van der Waals surface area (Å²) in [7, 11) is 0. The summed E-state index contributed by atoms with van der Waals surface area (Å²) in [5.41, 5.74) is -0.700. The molecule has 0 amide bonds. The van der Waals surface area contributed by atoms with E-state index in [2.05, 4.69) is 25.9 Å². The second-order valence-corrected chi connectivity index (χ2v) is 4.28. The lowest BCUT2D eigenvalue weighted by Crippen LogP contribution is -2.30. The molecular weight excluding hydrogens is 260 g/mol. The first-order chi connectivity index (χ1) is 7.03. The largest absolute Gasteiger partial charge is 0.368 e. The number of H-pyrrole nitrogens is 1. The number of aromatic nitrogens is 2. The Balaban J connectivity index is 3.13. The highest BCUT2D eigenvalue weighted by Gasteiger charge is 2.27. The van der Waals surface area contributed by atoms with Crippen LogP contribution in [0.1, 0.15) is 33.0 Å². The number of rotatable bonds is 4. The maximum atomic E-state index is 11.4. The van der Waals surface area contributed by atoms with Gasteiger partial charge in [0.1, 0.15) is 15.9 Å². The lowest BCUT2D eigenvalue weighted by molar-refractivity contribution is -0.0392. The number of nitrogens with one attached hydrogen (secondary N) is 1. The fraction of sp³-hybridized carbons (Fsp3) is 0.600. The normalized spacial score (nSPS) is 14.9. The van der Waals surface area contributed by atoms with Crippen molar-refractivity contribution in [2.24, 2.45) is 0 Å². The predicted molar refractivity (Wildman–Crippen MR) is 61.8 cm³/mol. The zero-order valence-electron chi connectivity index (χ0n) is 9.13. The number of nitrogens with zero attached hydrogens (tertiary/aromatic N) is 1. The van der Waals surface area contributed by atoms with Crippen LogP contribution in [-0.4, -0.2) is 16.6 Å². The summed E-state index contributed by atoms with van der Waals surface area (Å²) in [4.78, 5) is 18.3. The van der Waals surface area contributed by atoms with Gasteiger partial charge in [-0.25, -0.2) is 4.98 Å². The van der Waals surface area contributed by atoms with Crippen LogP contribution >= 0.6 is 15.9 Å². The molecule has 0 bridgehead atoms. The van der Waals surface area contributed by atoms with E-state index in [9.17, 15) is 4.79 Å². The van der Waals surface area contributed by atoms with E-state index in [0.29, 0.717) is 16.9 Å². The van der Waals surface area contributed by atoms with E-state index in [1.54, 1.807) is 0 Å². The van der Waals surface area contributed by atoms with Gasteiger partial charge in [0.2, 0.25) is 0 Å². The van der Waals surface area contributed by atoms with E-state index < -0.39 is 5.60 Å². The van der Waals surface area contributed by atoms with Crippen molar-refractivity contribution in [1.82, 2.24) is 9.97 Å². The summed E-state index contributed by atoms with van der Waals surface area (Å²) >= 11 is 3.11. The molecule has 0 aliphatic rings. The minimum absolute atomic E-state index is 0.181. The molecule has 0 fully saturated rings. The number of aromatic amines is 1. The molecule has 4 nitrogen and oxygen atoms in total. The lowest BCUT2D eigenvalue weighted by atomic mass is 10.0. The molecule has 1 aromatic heterocycles. The molecule has 5 heteroatoms. The van der Waals surface area contributed by atoms with Crippen LogP contribution in [0.3, 0.4) is 0 Å². The molecule has 1 rings (SSSR count). The van der Waals surface area contributed by atoms with Crippen LogP contribution in [-0.2, 0) is 10.3 Å². The first-order valence-corrected chi connectivity index (χ1v) is 5.72. The Hall–Kier alpha value is -0.680. The summed E-state index contributed by atoms with van der Waals surface area (Å²) in [6.45, 7) is 6.43. The highest BCUT2D eigenvalue weighted by molar-refractivity contribution is 9.10. The number of hydrogen-bond donors (Lipinski definition) is 1. The van der Waals surface area contributed by atoms with Gasteiger partial charge in [0.15, 0.2) is 0 Å². The maximum absolute atomic E-state index is 11.4. The Bertz CT molecular complexity index is 391. The van der Waals surface area contributed by atoms with E-state index in [0.717, 1.165) is 6.42 Å². The number of hydrogen-bond acceptors (Lipinski definition) is 3. The summed E-state index contributed by atoms with van der Waals surface area (Å²) in [5, 5.41) is 0. The van der Waals surface area contributed by atoms with Crippen molar-refractivity contribution >= 4 is 15.9 Å². The minimum atomic E-state index is -0.519. The quantitative estimate of drug-likeness (QED) is 0.916. The molecule has 1 unspecified atom stereocenters. The fourth-order valence-corrected chi connectivity index (χ4v) is 1.51. The lowest BCUT2D eigenvalue weighted by Gasteiger charge is -2.26. The molecule has 84 valence electrons. The van der Waals surface area contributed by atoms with Crippen LogP contribution in [0.4, 0.5) is 0 Å².